The Morgan fingerprint density at radius 1 is 0.923 bits per heavy atom. The van der Waals surface area contributed by atoms with Gasteiger partial charge in [0.1, 0.15) is 0 Å². The summed E-state index contributed by atoms with van der Waals surface area (Å²) in [5.41, 5.74) is 2.43. The fraction of sp³-hybridized carbons (Fsp3) is 0.300. The van der Waals surface area contributed by atoms with E-state index in [0.29, 0.717) is 37.4 Å². The van der Waals surface area contributed by atoms with Gasteiger partial charge in [0.25, 0.3) is 0 Å². The third-order valence-corrected chi connectivity index (χ3v) is 3.68. The number of nitrogens with one attached hydrogen (secondary N) is 3. The highest BCUT2D eigenvalue weighted by atomic mass is 16.5. The molecule has 0 atom stereocenters. The zero-order valence-electron chi connectivity index (χ0n) is 15.0. The first-order valence-corrected chi connectivity index (χ1v) is 8.60. The molecule has 0 radical (unpaired) electrons. The van der Waals surface area contributed by atoms with Crippen LogP contribution in [0.3, 0.4) is 0 Å². The lowest BCUT2D eigenvalue weighted by atomic mass is 10.1. The number of aryl methyl sites for hydroxylation is 1. The van der Waals surface area contributed by atoms with Gasteiger partial charge in [-0.3, -0.25) is 9.59 Å². The fourth-order valence-corrected chi connectivity index (χ4v) is 2.38. The number of carbonyl (C=O) groups excluding carboxylic acids is 2. The summed E-state index contributed by atoms with van der Waals surface area (Å²) in [7, 11) is 1.61. The van der Waals surface area contributed by atoms with Crippen LogP contribution >= 0.6 is 0 Å². The van der Waals surface area contributed by atoms with Crippen LogP contribution in [0.2, 0.25) is 0 Å². The third-order valence-electron chi connectivity index (χ3n) is 3.68. The zero-order valence-corrected chi connectivity index (χ0v) is 15.0. The van der Waals surface area contributed by atoms with Crippen molar-refractivity contribution in [1.82, 2.24) is 5.32 Å². The Hall–Kier alpha value is -2.70. The maximum atomic E-state index is 12.1. The summed E-state index contributed by atoms with van der Waals surface area (Å²) in [6.45, 7) is 1.37. The molecule has 2 aromatic carbocycles. The molecule has 2 rings (SSSR count). The standard InChI is InChI=1S/C20H25N3O3/c1-26-13-12-21-15-20(25)23-18-9-5-8-17(14-18)22-19(24)11-10-16-6-3-2-4-7-16/h2-9,14,21H,10-13,15H2,1H3,(H,22,24)(H,23,25). The lowest BCUT2D eigenvalue weighted by molar-refractivity contribution is -0.116. The molecular formula is C20H25N3O3. The molecule has 138 valence electrons. The van der Waals surface area contributed by atoms with Gasteiger partial charge in [0, 0.05) is 31.5 Å². The summed E-state index contributed by atoms with van der Waals surface area (Å²) in [5, 5.41) is 8.64. The predicted octanol–water partition coefficient (Wildman–Crippen LogP) is 2.43. The van der Waals surface area contributed by atoms with E-state index in [2.05, 4.69) is 16.0 Å². The maximum absolute atomic E-state index is 12.1. The number of hydrogen-bond acceptors (Lipinski definition) is 4. The predicted molar refractivity (Wildman–Crippen MR) is 103 cm³/mol. The molecule has 0 aromatic heterocycles. The van der Waals surface area contributed by atoms with E-state index >= 15 is 0 Å². The summed E-state index contributed by atoms with van der Waals surface area (Å²) >= 11 is 0. The highest BCUT2D eigenvalue weighted by Crippen LogP contribution is 2.15. The van der Waals surface area contributed by atoms with Crippen molar-refractivity contribution >= 4 is 23.2 Å². The van der Waals surface area contributed by atoms with E-state index in [-0.39, 0.29) is 18.4 Å². The number of benzene rings is 2. The van der Waals surface area contributed by atoms with Gasteiger partial charge in [-0.05, 0) is 30.2 Å². The van der Waals surface area contributed by atoms with Crippen LogP contribution in [-0.2, 0) is 20.7 Å². The Morgan fingerprint density at radius 2 is 1.62 bits per heavy atom. The first kappa shape index (κ1) is 19.6. The van der Waals surface area contributed by atoms with Gasteiger partial charge in [-0.15, -0.1) is 0 Å². The van der Waals surface area contributed by atoms with Crippen LogP contribution in [0.1, 0.15) is 12.0 Å². The molecule has 3 N–H and O–H groups in total. The number of hydrogen-bond donors (Lipinski definition) is 3. The Bertz CT molecular complexity index is 704. The molecule has 0 bridgehead atoms. The Balaban J connectivity index is 1.78. The summed E-state index contributed by atoms with van der Waals surface area (Å²) in [5.74, 6) is -0.202. The molecule has 0 aliphatic rings. The van der Waals surface area contributed by atoms with Crippen molar-refractivity contribution in [3.05, 3.63) is 60.2 Å². The Labute approximate surface area is 153 Å². The second kappa shape index (κ2) is 11.0. The molecule has 0 unspecified atom stereocenters. The van der Waals surface area contributed by atoms with Gasteiger partial charge in [0.05, 0.1) is 13.2 Å². The minimum atomic E-state index is -0.145. The quantitative estimate of drug-likeness (QED) is 0.572. The van der Waals surface area contributed by atoms with Gasteiger partial charge >= 0.3 is 0 Å². The van der Waals surface area contributed by atoms with Crippen molar-refractivity contribution in [1.29, 1.82) is 0 Å². The minimum absolute atomic E-state index is 0.0569. The van der Waals surface area contributed by atoms with Crippen LogP contribution < -0.4 is 16.0 Å². The van der Waals surface area contributed by atoms with E-state index in [1.54, 1.807) is 31.4 Å². The summed E-state index contributed by atoms with van der Waals surface area (Å²) in [6.07, 6.45) is 1.10. The molecule has 0 fully saturated rings. The molecule has 0 aliphatic carbocycles. The van der Waals surface area contributed by atoms with Gasteiger partial charge < -0.3 is 20.7 Å². The number of carbonyl (C=O) groups is 2. The van der Waals surface area contributed by atoms with Crippen molar-refractivity contribution < 1.29 is 14.3 Å². The first-order chi connectivity index (χ1) is 12.7. The lowest BCUT2D eigenvalue weighted by Gasteiger charge is -2.09. The fourth-order valence-electron chi connectivity index (χ4n) is 2.38. The van der Waals surface area contributed by atoms with Crippen molar-refractivity contribution in [2.75, 3.05) is 37.4 Å². The number of ether oxygens (including phenoxy) is 1. The molecule has 2 amide bonds. The molecular weight excluding hydrogens is 330 g/mol. The van der Waals surface area contributed by atoms with E-state index in [0.717, 1.165) is 5.56 Å². The largest absolute Gasteiger partial charge is 0.383 e. The van der Waals surface area contributed by atoms with Gasteiger partial charge in [-0.25, -0.2) is 0 Å². The monoisotopic (exact) mass is 355 g/mol. The molecule has 0 saturated carbocycles. The third kappa shape index (κ3) is 7.46. The second-order valence-corrected chi connectivity index (χ2v) is 5.83. The van der Waals surface area contributed by atoms with Crippen LogP contribution in [0, 0.1) is 0 Å². The Morgan fingerprint density at radius 3 is 2.31 bits per heavy atom. The molecule has 0 spiro atoms. The highest BCUT2D eigenvalue weighted by Gasteiger charge is 2.06. The van der Waals surface area contributed by atoms with E-state index in [4.69, 9.17) is 4.74 Å². The SMILES string of the molecule is COCCNCC(=O)Nc1cccc(NC(=O)CCc2ccccc2)c1. The zero-order chi connectivity index (χ0) is 18.6. The summed E-state index contributed by atoms with van der Waals surface area (Å²) in [4.78, 5) is 24.0. The van der Waals surface area contributed by atoms with Crippen molar-refractivity contribution in [3.8, 4) is 0 Å². The van der Waals surface area contributed by atoms with E-state index < -0.39 is 0 Å². The van der Waals surface area contributed by atoms with Gasteiger partial charge in [0.2, 0.25) is 11.8 Å². The van der Waals surface area contributed by atoms with Crippen LogP contribution in [0.15, 0.2) is 54.6 Å². The number of amides is 2. The van der Waals surface area contributed by atoms with Crippen LogP contribution in [-0.4, -0.2) is 38.6 Å². The molecule has 2 aromatic rings. The van der Waals surface area contributed by atoms with Crippen molar-refractivity contribution in [2.45, 2.75) is 12.8 Å². The number of methoxy groups -OCH3 is 1. The topological polar surface area (TPSA) is 79.5 Å². The van der Waals surface area contributed by atoms with Gasteiger partial charge in [0.15, 0.2) is 0 Å². The molecule has 6 nitrogen and oxygen atoms in total. The molecule has 0 aliphatic heterocycles. The van der Waals surface area contributed by atoms with Crippen LogP contribution in [0.5, 0.6) is 0 Å². The maximum Gasteiger partial charge on any atom is 0.238 e. The van der Waals surface area contributed by atoms with Crippen LogP contribution in [0.4, 0.5) is 11.4 Å². The number of rotatable bonds is 10. The van der Waals surface area contributed by atoms with Gasteiger partial charge in [-0.2, -0.15) is 0 Å². The Kier molecular flexibility index (Phi) is 8.32. The van der Waals surface area contributed by atoms with E-state index in [1.165, 1.54) is 0 Å². The highest BCUT2D eigenvalue weighted by molar-refractivity contribution is 5.94. The molecule has 0 heterocycles. The minimum Gasteiger partial charge on any atom is -0.383 e. The average Bonchev–Trinajstić information content (AvgIpc) is 2.65. The molecule has 6 heteroatoms. The first-order valence-electron chi connectivity index (χ1n) is 8.60. The van der Waals surface area contributed by atoms with Crippen molar-refractivity contribution in [3.63, 3.8) is 0 Å². The summed E-state index contributed by atoms with van der Waals surface area (Å²) in [6, 6.07) is 17.0. The molecule has 26 heavy (non-hydrogen) atoms. The van der Waals surface area contributed by atoms with E-state index in [9.17, 15) is 9.59 Å². The summed E-state index contributed by atoms with van der Waals surface area (Å²) < 4.78 is 4.91. The van der Waals surface area contributed by atoms with Gasteiger partial charge in [-0.1, -0.05) is 36.4 Å². The van der Waals surface area contributed by atoms with Crippen molar-refractivity contribution in [2.24, 2.45) is 0 Å². The number of anilines is 2. The van der Waals surface area contributed by atoms with Crippen LogP contribution in [0.25, 0.3) is 0 Å². The smallest absolute Gasteiger partial charge is 0.238 e. The van der Waals surface area contributed by atoms with E-state index in [1.807, 2.05) is 30.3 Å². The normalized spacial score (nSPS) is 10.3. The average molecular weight is 355 g/mol. The second-order valence-electron chi connectivity index (χ2n) is 5.83. The lowest BCUT2D eigenvalue weighted by Crippen LogP contribution is -2.30. The molecule has 0 saturated heterocycles.